The van der Waals surface area contributed by atoms with Crippen LogP contribution in [0.3, 0.4) is 0 Å². The minimum Gasteiger partial charge on any atom is -0.385 e. The monoisotopic (exact) mass is 268 g/mol. The number of ether oxygens (including phenoxy) is 1. The topological polar surface area (TPSA) is 55.6 Å². The van der Waals surface area contributed by atoms with Crippen molar-refractivity contribution in [2.24, 2.45) is 5.73 Å². The Morgan fingerprint density at radius 2 is 2.26 bits per heavy atom. The van der Waals surface area contributed by atoms with Crippen LogP contribution in [0.25, 0.3) is 0 Å². The van der Waals surface area contributed by atoms with Gasteiger partial charge in [0.2, 0.25) is 5.91 Å². The molecule has 0 fully saturated rings. The van der Waals surface area contributed by atoms with Gasteiger partial charge in [0.25, 0.3) is 0 Å². The molecule has 1 rings (SSSR count). The van der Waals surface area contributed by atoms with E-state index in [-0.39, 0.29) is 11.7 Å². The van der Waals surface area contributed by atoms with Crippen LogP contribution in [-0.4, -0.2) is 37.1 Å². The van der Waals surface area contributed by atoms with E-state index in [0.717, 1.165) is 5.56 Å². The lowest BCUT2D eigenvalue weighted by atomic mass is 10.1. The molecule has 0 aliphatic heterocycles. The third-order valence-electron chi connectivity index (χ3n) is 2.91. The molecule has 0 saturated heterocycles. The Hall–Kier alpha value is -1.46. The van der Waals surface area contributed by atoms with E-state index in [9.17, 15) is 9.18 Å². The van der Waals surface area contributed by atoms with Gasteiger partial charge in [-0.05, 0) is 31.0 Å². The lowest BCUT2D eigenvalue weighted by Crippen LogP contribution is -2.43. The summed E-state index contributed by atoms with van der Waals surface area (Å²) in [5.41, 5.74) is 6.58. The van der Waals surface area contributed by atoms with Crippen molar-refractivity contribution in [3.8, 4) is 0 Å². The van der Waals surface area contributed by atoms with Gasteiger partial charge in [0, 0.05) is 26.8 Å². The first-order valence-corrected chi connectivity index (χ1v) is 6.36. The zero-order chi connectivity index (χ0) is 14.3. The summed E-state index contributed by atoms with van der Waals surface area (Å²) in [5.74, 6) is -0.437. The van der Waals surface area contributed by atoms with E-state index in [0.29, 0.717) is 26.1 Å². The quantitative estimate of drug-likeness (QED) is 0.816. The second-order valence-corrected chi connectivity index (χ2v) is 4.37. The molecule has 1 aromatic carbocycles. The van der Waals surface area contributed by atoms with E-state index in [1.54, 1.807) is 24.1 Å². The van der Waals surface area contributed by atoms with Gasteiger partial charge in [0.15, 0.2) is 0 Å². The first-order valence-electron chi connectivity index (χ1n) is 6.36. The molecule has 0 spiro atoms. The zero-order valence-corrected chi connectivity index (χ0v) is 11.4. The molecule has 0 aromatic heterocycles. The Kier molecular flexibility index (Phi) is 6.45. The minimum atomic E-state index is -0.576. The number of halogens is 1. The van der Waals surface area contributed by atoms with Crippen molar-refractivity contribution in [2.45, 2.75) is 25.9 Å². The SMILES string of the molecule is CCN(Cc1cccc(F)c1)C(=O)C(N)CCOC. The summed E-state index contributed by atoms with van der Waals surface area (Å²) in [5, 5.41) is 0. The van der Waals surface area contributed by atoms with Gasteiger partial charge >= 0.3 is 0 Å². The number of likely N-dealkylation sites (N-methyl/N-ethyl adjacent to an activating group) is 1. The fourth-order valence-electron chi connectivity index (χ4n) is 1.80. The molecule has 0 bridgehead atoms. The normalized spacial score (nSPS) is 12.2. The fraction of sp³-hybridized carbons (Fsp3) is 0.500. The second-order valence-electron chi connectivity index (χ2n) is 4.37. The second kappa shape index (κ2) is 7.86. The van der Waals surface area contributed by atoms with Gasteiger partial charge in [-0.3, -0.25) is 4.79 Å². The highest BCUT2D eigenvalue weighted by molar-refractivity contribution is 5.81. The molecule has 1 amide bonds. The molecular formula is C14H21FN2O2. The molecule has 2 N–H and O–H groups in total. The number of hydrogen-bond acceptors (Lipinski definition) is 3. The number of carbonyl (C=O) groups is 1. The molecule has 0 heterocycles. The third-order valence-corrected chi connectivity index (χ3v) is 2.91. The molecular weight excluding hydrogens is 247 g/mol. The molecule has 1 aromatic rings. The Morgan fingerprint density at radius 1 is 1.53 bits per heavy atom. The van der Waals surface area contributed by atoms with Gasteiger partial charge in [0.1, 0.15) is 5.82 Å². The highest BCUT2D eigenvalue weighted by atomic mass is 19.1. The standard InChI is InChI=1S/C14H21FN2O2/c1-3-17(14(18)13(16)7-8-19-2)10-11-5-4-6-12(15)9-11/h4-6,9,13H,3,7-8,10,16H2,1-2H3. The average molecular weight is 268 g/mol. The number of nitrogens with two attached hydrogens (primary N) is 1. The third kappa shape index (κ3) is 4.96. The molecule has 0 radical (unpaired) electrons. The fourth-order valence-corrected chi connectivity index (χ4v) is 1.80. The van der Waals surface area contributed by atoms with E-state index in [1.165, 1.54) is 12.1 Å². The van der Waals surface area contributed by atoms with Gasteiger partial charge in [-0.25, -0.2) is 4.39 Å². The first-order chi connectivity index (χ1) is 9.08. The summed E-state index contributed by atoms with van der Waals surface area (Å²) in [6, 6.07) is 5.66. The molecule has 1 atom stereocenters. The maximum absolute atomic E-state index is 13.1. The van der Waals surface area contributed by atoms with Crippen LogP contribution in [0.4, 0.5) is 4.39 Å². The molecule has 5 heteroatoms. The van der Waals surface area contributed by atoms with Crippen molar-refractivity contribution in [3.05, 3.63) is 35.6 Å². The van der Waals surface area contributed by atoms with Crippen molar-refractivity contribution < 1.29 is 13.9 Å². The Balaban J connectivity index is 2.64. The van der Waals surface area contributed by atoms with Gasteiger partial charge in [-0.15, -0.1) is 0 Å². The highest BCUT2D eigenvalue weighted by Gasteiger charge is 2.19. The van der Waals surface area contributed by atoms with Gasteiger partial charge in [0.05, 0.1) is 6.04 Å². The van der Waals surface area contributed by atoms with Crippen LogP contribution >= 0.6 is 0 Å². The number of benzene rings is 1. The smallest absolute Gasteiger partial charge is 0.239 e. The molecule has 4 nitrogen and oxygen atoms in total. The number of methoxy groups -OCH3 is 1. The average Bonchev–Trinajstić information content (AvgIpc) is 2.41. The Labute approximate surface area is 113 Å². The minimum absolute atomic E-state index is 0.135. The van der Waals surface area contributed by atoms with Crippen LogP contribution in [0, 0.1) is 5.82 Å². The van der Waals surface area contributed by atoms with E-state index in [1.807, 2.05) is 6.92 Å². The van der Waals surface area contributed by atoms with Crippen molar-refractivity contribution in [1.29, 1.82) is 0 Å². The molecule has 1 unspecified atom stereocenters. The Bertz CT molecular complexity index is 412. The molecule has 19 heavy (non-hydrogen) atoms. The molecule has 0 saturated carbocycles. The zero-order valence-electron chi connectivity index (χ0n) is 11.4. The predicted molar refractivity (Wildman–Crippen MR) is 72.0 cm³/mol. The van der Waals surface area contributed by atoms with Crippen LogP contribution in [0.2, 0.25) is 0 Å². The van der Waals surface area contributed by atoms with Crippen molar-refractivity contribution >= 4 is 5.91 Å². The number of carbonyl (C=O) groups excluding carboxylic acids is 1. The number of hydrogen-bond donors (Lipinski definition) is 1. The van der Waals surface area contributed by atoms with E-state index < -0.39 is 6.04 Å². The van der Waals surface area contributed by atoms with E-state index in [2.05, 4.69) is 0 Å². The Morgan fingerprint density at radius 3 is 2.84 bits per heavy atom. The summed E-state index contributed by atoms with van der Waals surface area (Å²) in [6.45, 7) is 3.23. The first kappa shape index (κ1) is 15.6. The summed E-state index contributed by atoms with van der Waals surface area (Å²) >= 11 is 0. The maximum Gasteiger partial charge on any atom is 0.239 e. The van der Waals surface area contributed by atoms with Crippen LogP contribution in [-0.2, 0) is 16.1 Å². The van der Waals surface area contributed by atoms with Crippen molar-refractivity contribution in [3.63, 3.8) is 0 Å². The van der Waals surface area contributed by atoms with Crippen LogP contribution in [0.1, 0.15) is 18.9 Å². The highest BCUT2D eigenvalue weighted by Crippen LogP contribution is 2.09. The number of rotatable bonds is 7. The van der Waals surface area contributed by atoms with Gasteiger partial charge in [-0.1, -0.05) is 12.1 Å². The lowest BCUT2D eigenvalue weighted by Gasteiger charge is -2.24. The number of amides is 1. The summed E-state index contributed by atoms with van der Waals surface area (Å²) < 4.78 is 18.0. The predicted octanol–water partition coefficient (Wildman–Crippen LogP) is 1.54. The molecule has 0 aliphatic rings. The van der Waals surface area contributed by atoms with E-state index >= 15 is 0 Å². The number of nitrogens with zero attached hydrogens (tertiary/aromatic N) is 1. The summed E-state index contributed by atoms with van der Waals surface area (Å²) in [6.07, 6.45) is 0.481. The summed E-state index contributed by atoms with van der Waals surface area (Å²) in [4.78, 5) is 13.7. The largest absolute Gasteiger partial charge is 0.385 e. The van der Waals surface area contributed by atoms with Crippen LogP contribution < -0.4 is 5.73 Å². The summed E-state index contributed by atoms with van der Waals surface area (Å²) in [7, 11) is 1.57. The van der Waals surface area contributed by atoms with Crippen LogP contribution in [0.5, 0.6) is 0 Å². The van der Waals surface area contributed by atoms with Gasteiger partial charge in [-0.2, -0.15) is 0 Å². The van der Waals surface area contributed by atoms with Crippen molar-refractivity contribution in [1.82, 2.24) is 4.90 Å². The molecule has 0 aliphatic carbocycles. The molecule has 106 valence electrons. The van der Waals surface area contributed by atoms with E-state index in [4.69, 9.17) is 10.5 Å². The van der Waals surface area contributed by atoms with Crippen LogP contribution in [0.15, 0.2) is 24.3 Å². The van der Waals surface area contributed by atoms with Gasteiger partial charge < -0.3 is 15.4 Å². The van der Waals surface area contributed by atoms with Crippen molar-refractivity contribution in [2.75, 3.05) is 20.3 Å². The lowest BCUT2D eigenvalue weighted by molar-refractivity contribution is -0.133. The maximum atomic E-state index is 13.1.